The minimum atomic E-state index is -0.489. The summed E-state index contributed by atoms with van der Waals surface area (Å²) >= 11 is 0. The summed E-state index contributed by atoms with van der Waals surface area (Å²) < 4.78 is 16.4. The summed E-state index contributed by atoms with van der Waals surface area (Å²) in [6, 6.07) is 11.9. The van der Waals surface area contributed by atoms with E-state index in [4.69, 9.17) is 4.98 Å². The summed E-state index contributed by atoms with van der Waals surface area (Å²) in [7, 11) is 0. The van der Waals surface area contributed by atoms with E-state index in [-0.39, 0.29) is 18.0 Å². The molecule has 10 nitrogen and oxygen atoms in total. The first-order chi connectivity index (χ1) is 16.5. The molecule has 168 valence electrons. The number of aromatic amines is 1. The Kier molecular flexibility index (Phi) is 5.19. The van der Waals surface area contributed by atoms with Crippen LogP contribution in [0.4, 0.5) is 15.9 Å². The fourth-order valence-electron chi connectivity index (χ4n) is 3.67. The molecule has 0 bridgehead atoms. The Balaban J connectivity index is 1.63. The number of aliphatic hydroxyl groups excluding tert-OH is 1. The molecule has 0 saturated carbocycles. The Bertz CT molecular complexity index is 1560. The molecule has 0 amide bonds. The number of fused-ring (bicyclic) bond motifs is 1. The summed E-state index contributed by atoms with van der Waals surface area (Å²) in [5.41, 5.74) is 4.31. The third-order valence-electron chi connectivity index (χ3n) is 5.37. The molecule has 0 fully saturated rings. The third-order valence-corrected chi connectivity index (χ3v) is 5.37. The van der Waals surface area contributed by atoms with E-state index in [9.17, 15) is 14.8 Å². The van der Waals surface area contributed by atoms with Crippen LogP contribution in [0.3, 0.4) is 0 Å². The van der Waals surface area contributed by atoms with E-state index in [1.54, 1.807) is 41.8 Å². The van der Waals surface area contributed by atoms with Crippen LogP contribution in [-0.4, -0.2) is 40.0 Å². The lowest BCUT2D eigenvalue weighted by Crippen LogP contribution is -2.03. The molecule has 5 aromatic rings. The van der Waals surface area contributed by atoms with Crippen LogP contribution in [0, 0.1) is 31.0 Å². The summed E-state index contributed by atoms with van der Waals surface area (Å²) in [6.07, 6.45) is 1.54. The molecule has 0 aliphatic carbocycles. The SMILES string of the molecule is Cc1ccc(Nc2cc3c(cc2F)ncn3-c2ccc(CO)c(-c3c(C#N)n[nH]c3C)n2)nn1. The number of halogens is 1. The number of nitrogens with one attached hydrogen (secondary N) is 2. The van der Waals surface area contributed by atoms with Crippen molar-refractivity contribution < 1.29 is 9.50 Å². The van der Waals surface area contributed by atoms with Gasteiger partial charge in [-0.25, -0.2) is 14.4 Å². The zero-order valence-corrected chi connectivity index (χ0v) is 18.2. The Labute approximate surface area is 192 Å². The van der Waals surface area contributed by atoms with E-state index in [1.165, 1.54) is 12.4 Å². The van der Waals surface area contributed by atoms with Crippen LogP contribution in [0.15, 0.2) is 42.7 Å². The van der Waals surface area contributed by atoms with Crippen molar-refractivity contribution in [3.63, 3.8) is 0 Å². The second kappa shape index (κ2) is 8.34. The van der Waals surface area contributed by atoms with Crippen molar-refractivity contribution in [3.8, 4) is 23.1 Å². The van der Waals surface area contributed by atoms with E-state index in [0.29, 0.717) is 45.2 Å². The summed E-state index contributed by atoms with van der Waals surface area (Å²) in [4.78, 5) is 9.02. The van der Waals surface area contributed by atoms with Crippen molar-refractivity contribution >= 4 is 22.5 Å². The second-order valence-corrected chi connectivity index (χ2v) is 7.64. The maximum absolute atomic E-state index is 14.7. The van der Waals surface area contributed by atoms with Gasteiger partial charge in [0.1, 0.15) is 24.0 Å². The van der Waals surface area contributed by atoms with Crippen molar-refractivity contribution in [3.05, 3.63) is 71.2 Å². The maximum atomic E-state index is 14.7. The molecular weight excluding hydrogens is 437 g/mol. The van der Waals surface area contributed by atoms with E-state index in [1.807, 2.05) is 13.0 Å². The number of aliphatic hydroxyl groups is 1. The summed E-state index contributed by atoms with van der Waals surface area (Å²) in [5.74, 6) is 0.394. The van der Waals surface area contributed by atoms with Gasteiger partial charge < -0.3 is 10.4 Å². The zero-order chi connectivity index (χ0) is 23.8. The lowest BCUT2D eigenvalue weighted by Gasteiger charge is -2.11. The average molecular weight is 455 g/mol. The number of nitrogens with zero attached hydrogens (tertiary/aromatic N) is 7. The van der Waals surface area contributed by atoms with Crippen molar-refractivity contribution in [2.24, 2.45) is 0 Å². The van der Waals surface area contributed by atoms with Gasteiger partial charge >= 0.3 is 0 Å². The highest BCUT2D eigenvalue weighted by Crippen LogP contribution is 2.30. The van der Waals surface area contributed by atoms with Gasteiger partial charge in [0.15, 0.2) is 11.5 Å². The number of aromatic nitrogens is 7. The van der Waals surface area contributed by atoms with Gasteiger partial charge in [-0.2, -0.15) is 15.5 Å². The van der Waals surface area contributed by atoms with Gasteiger partial charge in [-0.1, -0.05) is 6.07 Å². The standard InChI is InChI=1S/C23H18FN9O/c1-12-3-5-20(32-29-12)27-16-8-19-17(7-15(16)24)26-11-33(19)21-6-4-14(10-34)23(28-21)22-13(2)30-31-18(22)9-25/h3-8,11,34H,10H2,1-2H3,(H,27,32)(H,30,31). The molecule has 5 rings (SSSR count). The van der Waals surface area contributed by atoms with Crippen LogP contribution in [-0.2, 0) is 6.61 Å². The highest BCUT2D eigenvalue weighted by molar-refractivity contribution is 5.82. The number of hydrogen-bond donors (Lipinski definition) is 3. The van der Waals surface area contributed by atoms with Crippen LogP contribution in [0.25, 0.3) is 28.1 Å². The first-order valence-corrected chi connectivity index (χ1v) is 10.3. The maximum Gasteiger partial charge on any atom is 0.171 e. The normalized spacial score (nSPS) is 11.0. The first kappa shape index (κ1) is 21.2. The minimum Gasteiger partial charge on any atom is -0.392 e. The third kappa shape index (κ3) is 3.62. The van der Waals surface area contributed by atoms with Crippen LogP contribution in [0.2, 0.25) is 0 Å². The van der Waals surface area contributed by atoms with Gasteiger partial charge in [0.25, 0.3) is 0 Å². The van der Waals surface area contributed by atoms with Crippen LogP contribution < -0.4 is 5.32 Å². The fourth-order valence-corrected chi connectivity index (χ4v) is 3.67. The number of pyridine rings is 1. The Morgan fingerprint density at radius 1 is 1.18 bits per heavy atom. The Hall–Kier alpha value is -4.69. The van der Waals surface area contributed by atoms with Gasteiger partial charge in [-0.05, 0) is 38.1 Å². The molecule has 3 N–H and O–H groups in total. The molecule has 1 aromatic carbocycles. The molecule has 34 heavy (non-hydrogen) atoms. The summed E-state index contributed by atoms with van der Waals surface area (Å²) in [6.45, 7) is 3.33. The Morgan fingerprint density at radius 3 is 2.76 bits per heavy atom. The molecule has 0 spiro atoms. The fraction of sp³-hybridized carbons (Fsp3) is 0.130. The smallest absolute Gasteiger partial charge is 0.171 e. The lowest BCUT2D eigenvalue weighted by molar-refractivity contribution is 0.282. The molecule has 0 aliphatic heterocycles. The van der Waals surface area contributed by atoms with Crippen molar-refractivity contribution in [2.75, 3.05) is 5.32 Å². The van der Waals surface area contributed by atoms with Gasteiger partial charge in [-0.15, -0.1) is 5.10 Å². The number of H-pyrrole nitrogens is 1. The molecule has 0 unspecified atom stereocenters. The van der Waals surface area contributed by atoms with Crippen molar-refractivity contribution in [2.45, 2.75) is 20.5 Å². The predicted molar refractivity (Wildman–Crippen MR) is 122 cm³/mol. The molecule has 0 saturated heterocycles. The number of rotatable bonds is 5. The van der Waals surface area contributed by atoms with Gasteiger partial charge in [-0.3, -0.25) is 9.67 Å². The molecule has 4 heterocycles. The van der Waals surface area contributed by atoms with Gasteiger partial charge in [0.2, 0.25) is 0 Å². The Morgan fingerprint density at radius 2 is 2.03 bits per heavy atom. The predicted octanol–water partition coefficient (Wildman–Crippen LogP) is 3.46. The van der Waals surface area contributed by atoms with E-state index < -0.39 is 5.82 Å². The van der Waals surface area contributed by atoms with Gasteiger partial charge in [0.05, 0.1) is 40.3 Å². The van der Waals surface area contributed by atoms with Crippen LogP contribution in [0.1, 0.15) is 22.6 Å². The molecular formula is C23H18FN9O. The minimum absolute atomic E-state index is 0.181. The molecule has 0 aliphatic rings. The van der Waals surface area contributed by atoms with E-state index in [0.717, 1.165) is 5.69 Å². The lowest BCUT2D eigenvalue weighted by atomic mass is 10.0. The molecule has 0 atom stereocenters. The highest BCUT2D eigenvalue weighted by Gasteiger charge is 2.19. The highest BCUT2D eigenvalue weighted by atomic mass is 19.1. The average Bonchev–Trinajstić information content (AvgIpc) is 3.42. The first-order valence-electron chi connectivity index (χ1n) is 10.3. The molecule has 4 aromatic heterocycles. The van der Waals surface area contributed by atoms with E-state index >= 15 is 0 Å². The summed E-state index contributed by atoms with van der Waals surface area (Å²) in [5, 5.41) is 37.1. The number of nitriles is 1. The van der Waals surface area contributed by atoms with Gasteiger partial charge in [0, 0.05) is 17.3 Å². The number of anilines is 2. The molecule has 0 radical (unpaired) electrons. The quantitative estimate of drug-likeness (QED) is 0.366. The van der Waals surface area contributed by atoms with Crippen molar-refractivity contribution in [1.29, 1.82) is 5.26 Å². The number of aryl methyl sites for hydroxylation is 2. The van der Waals surface area contributed by atoms with Crippen LogP contribution >= 0.6 is 0 Å². The number of benzene rings is 1. The topological polar surface area (TPSA) is 141 Å². The number of imidazole rings is 1. The van der Waals surface area contributed by atoms with E-state index in [2.05, 4.69) is 30.7 Å². The largest absolute Gasteiger partial charge is 0.392 e. The molecule has 11 heteroatoms. The second-order valence-electron chi connectivity index (χ2n) is 7.64. The zero-order valence-electron chi connectivity index (χ0n) is 18.2. The monoisotopic (exact) mass is 455 g/mol. The van der Waals surface area contributed by atoms with Crippen molar-refractivity contribution in [1.82, 2.24) is 34.9 Å². The van der Waals surface area contributed by atoms with Crippen LogP contribution in [0.5, 0.6) is 0 Å². The number of hydrogen-bond acceptors (Lipinski definition) is 8.